The molecule has 0 aromatic heterocycles. The third-order valence-corrected chi connectivity index (χ3v) is 9.04. The zero-order valence-electron chi connectivity index (χ0n) is 24.6. The van der Waals surface area contributed by atoms with E-state index in [1.54, 1.807) is 30.3 Å². The van der Waals surface area contributed by atoms with Crippen LogP contribution >= 0.6 is 39.1 Å². The summed E-state index contributed by atoms with van der Waals surface area (Å²) in [4.78, 5) is 22.6. The van der Waals surface area contributed by atoms with Gasteiger partial charge in [0.15, 0.2) is 11.6 Å². The lowest BCUT2D eigenvalue weighted by Gasteiger charge is -2.32. The number of carbonyl (C=O) groups is 1. The quantitative estimate of drug-likeness (QED) is 0.0625. The summed E-state index contributed by atoms with van der Waals surface area (Å²) in [5, 5.41) is 16.8. The van der Waals surface area contributed by atoms with Gasteiger partial charge in [0.05, 0.1) is 23.2 Å². The molecule has 2 atom stereocenters. The highest BCUT2D eigenvalue weighted by Gasteiger charge is 2.54. The summed E-state index contributed by atoms with van der Waals surface area (Å²) in [6, 6.07) is 27.5. The summed E-state index contributed by atoms with van der Waals surface area (Å²) < 4.78 is 13.2. The van der Waals surface area contributed by atoms with Crippen molar-refractivity contribution in [3.63, 3.8) is 0 Å². The molecule has 1 aliphatic heterocycles. The number of hydrogen-bond donors (Lipinski definition) is 2. The molecule has 0 fully saturated rings. The van der Waals surface area contributed by atoms with E-state index < -0.39 is 11.6 Å². The van der Waals surface area contributed by atoms with Crippen LogP contribution < -0.4 is 10.1 Å². The van der Waals surface area contributed by atoms with Crippen LogP contribution in [-0.4, -0.2) is 35.7 Å². The second-order valence-electron chi connectivity index (χ2n) is 10.6. The van der Waals surface area contributed by atoms with Crippen LogP contribution in [0.25, 0.3) is 10.4 Å². The molecule has 0 saturated carbocycles. The molecular formula is C34H30BrCl2N5O4. The monoisotopic (exact) mass is 721 g/mol. The molecular weight excluding hydrogens is 693 g/mol. The molecule has 0 aliphatic carbocycles. The Morgan fingerprint density at radius 3 is 2.50 bits per heavy atom. The van der Waals surface area contributed by atoms with Gasteiger partial charge in [0, 0.05) is 40.9 Å². The zero-order chi connectivity index (χ0) is 32.5. The van der Waals surface area contributed by atoms with E-state index in [4.69, 9.17) is 48.3 Å². The largest absolute Gasteiger partial charge is 0.494 e. The number of ether oxygens (including phenoxy) is 2. The van der Waals surface area contributed by atoms with Crippen LogP contribution in [0.4, 0.5) is 0 Å². The maximum Gasteiger partial charge on any atom is 0.252 e. The molecule has 0 saturated heterocycles. The van der Waals surface area contributed by atoms with Gasteiger partial charge < -0.3 is 19.9 Å². The van der Waals surface area contributed by atoms with E-state index in [-0.39, 0.29) is 37.9 Å². The summed E-state index contributed by atoms with van der Waals surface area (Å²) >= 11 is 16.0. The van der Waals surface area contributed by atoms with Gasteiger partial charge in [-0.1, -0.05) is 92.8 Å². The molecule has 0 unspecified atom stereocenters. The van der Waals surface area contributed by atoms with Crippen molar-refractivity contribution in [2.24, 2.45) is 10.1 Å². The molecule has 9 nitrogen and oxygen atoms in total. The third kappa shape index (κ3) is 7.66. The second kappa shape index (κ2) is 15.5. The van der Waals surface area contributed by atoms with Crippen molar-refractivity contribution in [1.29, 1.82) is 0 Å². The van der Waals surface area contributed by atoms with Gasteiger partial charge in [-0.05, 0) is 70.2 Å². The molecule has 46 heavy (non-hydrogen) atoms. The third-order valence-electron chi connectivity index (χ3n) is 7.53. The predicted molar refractivity (Wildman–Crippen MR) is 182 cm³/mol. The Morgan fingerprint density at radius 2 is 1.78 bits per heavy atom. The number of halogens is 3. The number of aliphatic imine (C=N–C) groups is 1. The zero-order valence-corrected chi connectivity index (χ0v) is 27.7. The first-order chi connectivity index (χ1) is 22.3. The molecule has 0 spiro atoms. The molecule has 0 bridgehead atoms. The molecule has 4 aromatic carbocycles. The first-order valence-electron chi connectivity index (χ1n) is 14.5. The summed E-state index contributed by atoms with van der Waals surface area (Å²) in [5.41, 5.74) is 11.3. The molecule has 1 heterocycles. The van der Waals surface area contributed by atoms with Crippen LogP contribution in [0, 0.1) is 0 Å². The van der Waals surface area contributed by atoms with Crippen molar-refractivity contribution in [2.45, 2.75) is 37.6 Å². The highest BCUT2D eigenvalue weighted by Crippen LogP contribution is 2.44. The Labute approximate surface area is 284 Å². The number of amides is 1. The topological polar surface area (TPSA) is 129 Å². The minimum absolute atomic E-state index is 0.0397. The summed E-state index contributed by atoms with van der Waals surface area (Å²) in [7, 11) is 0. The Morgan fingerprint density at radius 1 is 1.04 bits per heavy atom. The number of azide groups is 1. The van der Waals surface area contributed by atoms with Crippen molar-refractivity contribution >= 4 is 50.9 Å². The number of aliphatic hydroxyl groups excluding tert-OH is 1. The van der Waals surface area contributed by atoms with Gasteiger partial charge in [-0.2, -0.15) is 0 Å². The lowest BCUT2D eigenvalue weighted by atomic mass is 9.80. The van der Waals surface area contributed by atoms with E-state index in [2.05, 4.69) is 31.3 Å². The average Bonchev–Trinajstić information content (AvgIpc) is 3.46. The van der Waals surface area contributed by atoms with E-state index in [1.165, 1.54) is 0 Å². The fourth-order valence-corrected chi connectivity index (χ4v) is 5.96. The Hall–Kier alpha value is -4.05. The molecule has 236 valence electrons. The minimum atomic E-state index is -1.47. The standard InChI is InChI=1S/C34H30BrCl2N5O4/c35-28-9-4-2-6-24(28)19-34(33(44)39-20-22-10-15-29(36)30(37)18-22)31(27-8-3-1-7-25(27)21-40-42-38)46-32(41-34)23-11-13-26(14-12-23)45-17-5-16-43/h1-4,6-15,18,31,43H,5,16-17,19-21H2,(H,39,44)/t31-,34-/m1/s1. The number of nitrogens with zero attached hydrogens (tertiary/aromatic N) is 4. The Kier molecular flexibility index (Phi) is 11.2. The number of hydrogen-bond acceptors (Lipinski definition) is 6. The Bertz CT molecular complexity index is 1780. The lowest BCUT2D eigenvalue weighted by Crippen LogP contribution is -2.50. The first-order valence-corrected chi connectivity index (χ1v) is 16.0. The number of nitrogens with one attached hydrogen (secondary N) is 1. The van der Waals surface area contributed by atoms with E-state index in [9.17, 15) is 4.79 Å². The molecule has 4 aromatic rings. The molecule has 0 radical (unpaired) electrons. The van der Waals surface area contributed by atoms with Gasteiger partial charge in [0.1, 0.15) is 5.75 Å². The summed E-state index contributed by atoms with van der Waals surface area (Å²) in [6.45, 7) is 0.659. The molecule has 1 amide bonds. The minimum Gasteiger partial charge on any atom is -0.494 e. The van der Waals surface area contributed by atoms with Crippen molar-refractivity contribution in [3.8, 4) is 5.75 Å². The van der Waals surface area contributed by atoms with Crippen LogP contribution in [0.2, 0.25) is 10.0 Å². The smallest absolute Gasteiger partial charge is 0.252 e. The first kappa shape index (κ1) is 33.3. The predicted octanol–water partition coefficient (Wildman–Crippen LogP) is 8.14. The van der Waals surface area contributed by atoms with Crippen LogP contribution in [0.1, 0.15) is 40.3 Å². The SMILES string of the molecule is [N-]=[N+]=NCc1ccccc1[C@H]1OC(c2ccc(OCCCO)cc2)=N[C@@]1(Cc1ccccc1Br)C(=O)NCc1ccc(Cl)c(Cl)c1. The number of carbonyl (C=O) groups excluding carboxylic acids is 1. The van der Waals surface area contributed by atoms with Gasteiger partial charge in [-0.25, -0.2) is 4.99 Å². The van der Waals surface area contributed by atoms with E-state index >= 15 is 0 Å². The molecule has 2 N–H and O–H groups in total. The van der Waals surface area contributed by atoms with Gasteiger partial charge >= 0.3 is 0 Å². The van der Waals surface area contributed by atoms with Crippen molar-refractivity contribution in [3.05, 3.63) is 144 Å². The van der Waals surface area contributed by atoms with Crippen molar-refractivity contribution in [1.82, 2.24) is 5.32 Å². The number of aliphatic hydroxyl groups is 1. The average molecular weight is 723 g/mol. The Balaban J connectivity index is 1.61. The summed E-state index contributed by atoms with van der Waals surface area (Å²) in [5.74, 6) is 0.546. The van der Waals surface area contributed by atoms with Gasteiger partial charge in [0.25, 0.3) is 5.91 Å². The van der Waals surface area contributed by atoms with Gasteiger partial charge in [-0.15, -0.1) is 0 Å². The van der Waals surface area contributed by atoms with E-state index in [1.807, 2.05) is 60.7 Å². The van der Waals surface area contributed by atoms with E-state index in [0.717, 1.165) is 15.6 Å². The molecule has 5 rings (SSSR count). The van der Waals surface area contributed by atoms with Gasteiger partial charge in [-0.3, -0.25) is 4.79 Å². The fraction of sp³-hybridized carbons (Fsp3) is 0.235. The normalized spacial score (nSPS) is 17.0. The molecule has 12 heteroatoms. The van der Waals surface area contributed by atoms with Crippen LogP contribution in [0.3, 0.4) is 0 Å². The second-order valence-corrected chi connectivity index (χ2v) is 12.2. The van der Waals surface area contributed by atoms with Crippen LogP contribution in [-0.2, 0) is 29.0 Å². The maximum absolute atomic E-state index is 14.6. The lowest BCUT2D eigenvalue weighted by molar-refractivity contribution is -0.129. The fourth-order valence-electron chi connectivity index (χ4n) is 5.22. The number of benzene rings is 4. The van der Waals surface area contributed by atoms with Crippen LogP contribution in [0.15, 0.2) is 106 Å². The number of rotatable bonds is 13. The van der Waals surface area contributed by atoms with E-state index in [0.29, 0.717) is 45.5 Å². The highest BCUT2D eigenvalue weighted by atomic mass is 79.9. The van der Waals surface area contributed by atoms with Gasteiger partial charge in [0.2, 0.25) is 5.90 Å². The maximum atomic E-state index is 14.6. The van der Waals surface area contributed by atoms with Crippen molar-refractivity contribution < 1.29 is 19.4 Å². The van der Waals surface area contributed by atoms with Crippen molar-refractivity contribution in [2.75, 3.05) is 13.2 Å². The summed E-state index contributed by atoms with van der Waals surface area (Å²) in [6.07, 6.45) is -0.175. The highest BCUT2D eigenvalue weighted by molar-refractivity contribution is 9.10. The molecule has 1 aliphatic rings. The van der Waals surface area contributed by atoms with Crippen LogP contribution in [0.5, 0.6) is 5.75 Å².